The molecule has 0 atom stereocenters. The highest BCUT2D eigenvalue weighted by Gasteiger charge is 2.38. The standard InChI is InChI=1S/C18H27N3/c1-2-4-15(5-3-1)10-16-6-8-20(9-7-16)18-13-21(14-18)17-11-19-12-17/h1-5,16-19H,6-14H2. The van der Waals surface area contributed by atoms with Crippen LogP contribution in [0, 0.1) is 5.92 Å². The van der Waals surface area contributed by atoms with E-state index in [1.54, 1.807) is 0 Å². The van der Waals surface area contributed by atoms with E-state index in [0.29, 0.717) is 0 Å². The van der Waals surface area contributed by atoms with E-state index in [9.17, 15) is 0 Å². The van der Waals surface area contributed by atoms with Crippen molar-refractivity contribution in [3.8, 4) is 0 Å². The summed E-state index contributed by atoms with van der Waals surface area (Å²) in [6.07, 6.45) is 4.05. The number of hydrogen-bond donors (Lipinski definition) is 1. The van der Waals surface area contributed by atoms with E-state index < -0.39 is 0 Å². The molecule has 1 aromatic carbocycles. The van der Waals surface area contributed by atoms with Gasteiger partial charge in [0, 0.05) is 38.3 Å². The van der Waals surface area contributed by atoms with Gasteiger partial charge in [-0.3, -0.25) is 9.80 Å². The van der Waals surface area contributed by atoms with Gasteiger partial charge in [0.1, 0.15) is 0 Å². The number of rotatable bonds is 4. The van der Waals surface area contributed by atoms with Gasteiger partial charge in [0.05, 0.1) is 0 Å². The Hall–Kier alpha value is -0.900. The van der Waals surface area contributed by atoms with Crippen molar-refractivity contribution in [2.75, 3.05) is 39.3 Å². The first kappa shape index (κ1) is 13.7. The van der Waals surface area contributed by atoms with Crippen LogP contribution in [0.1, 0.15) is 18.4 Å². The van der Waals surface area contributed by atoms with Gasteiger partial charge in [0.2, 0.25) is 0 Å². The summed E-state index contributed by atoms with van der Waals surface area (Å²) >= 11 is 0. The number of piperidine rings is 1. The zero-order chi connectivity index (χ0) is 14.1. The minimum absolute atomic E-state index is 0.844. The lowest BCUT2D eigenvalue weighted by atomic mass is 9.88. The lowest BCUT2D eigenvalue weighted by molar-refractivity contribution is -0.0221. The van der Waals surface area contributed by atoms with Gasteiger partial charge >= 0.3 is 0 Å². The van der Waals surface area contributed by atoms with Crippen molar-refractivity contribution in [3.05, 3.63) is 35.9 Å². The largest absolute Gasteiger partial charge is 0.314 e. The zero-order valence-electron chi connectivity index (χ0n) is 12.9. The SMILES string of the molecule is c1ccc(CC2CCN(C3CN(C4CNC4)C3)CC2)cc1. The molecule has 3 aliphatic heterocycles. The van der Waals surface area contributed by atoms with Gasteiger partial charge in [-0.25, -0.2) is 0 Å². The van der Waals surface area contributed by atoms with Crippen molar-refractivity contribution in [3.63, 3.8) is 0 Å². The monoisotopic (exact) mass is 285 g/mol. The van der Waals surface area contributed by atoms with Gasteiger partial charge < -0.3 is 5.32 Å². The molecule has 0 aromatic heterocycles. The van der Waals surface area contributed by atoms with Gasteiger partial charge in [-0.1, -0.05) is 30.3 Å². The molecular weight excluding hydrogens is 258 g/mol. The van der Waals surface area contributed by atoms with Crippen molar-refractivity contribution in [1.82, 2.24) is 15.1 Å². The van der Waals surface area contributed by atoms with Crippen LogP contribution >= 0.6 is 0 Å². The number of nitrogens with one attached hydrogen (secondary N) is 1. The fourth-order valence-corrected chi connectivity index (χ4v) is 4.02. The number of hydrogen-bond acceptors (Lipinski definition) is 3. The molecule has 0 radical (unpaired) electrons. The lowest BCUT2D eigenvalue weighted by Gasteiger charge is -2.52. The molecule has 1 N–H and O–H groups in total. The number of nitrogens with zero attached hydrogens (tertiary/aromatic N) is 2. The van der Waals surface area contributed by atoms with Crippen LogP contribution in [0.3, 0.4) is 0 Å². The first-order valence-electron chi connectivity index (χ1n) is 8.61. The molecule has 21 heavy (non-hydrogen) atoms. The van der Waals surface area contributed by atoms with E-state index >= 15 is 0 Å². The average Bonchev–Trinajstić information content (AvgIpc) is 2.43. The normalized spacial score (nSPS) is 26.5. The Morgan fingerprint density at radius 3 is 2.24 bits per heavy atom. The van der Waals surface area contributed by atoms with Crippen molar-refractivity contribution >= 4 is 0 Å². The topological polar surface area (TPSA) is 18.5 Å². The summed E-state index contributed by atoms with van der Waals surface area (Å²) in [5.41, 5.74) is 1.52. The molecule has 0 saturated carbocycles. The predicted molar refractivity (Wildman–Crippen MR) is 86.5 cm³/mol. The van der Waals surface area contributed by atoms with Crippen LogP contribution in [0.2, 0.25) is 0 Å². The summed E-state index contributed by atoms with van der Waals surface area (Å²) in [6, 6.07) is 12.7. The van der Waals surface area contributed by atoms with Crippen LogP contribution < -0.4 is 5.32 Å². The fraction of sp³-hybridized carbons (Fsp3) is 0.667. The molecule has 3 aliphatic rings. The molecule has 4 rings (SSSR count). The Balaban J connectivity index is 1.20. The Morgan fingerprint density at radius 2 is 1.62 bits per heavy atom. The summed E-state index contributed by atoms with van der Waals surface area (Å²) in [5.74, 6) is 0.899. The summed E-state index contributed by atoms with van der Waals surface area (Å²) in [5, 5.41) is 3.38. The smallest absolute Gasteiger partial charge is 0.0350 e. The highest BCUT2D eigenvalue weighted by atomic mass is 15.4. The first-order valence-corrected chi connectivity index (χ1v) is 8.61. The van der Waals surface area contributed by atoms with Crippen LogP contribution in [-0.2, 0) is 6.42 Å². The molecule has 0 bridgehead atoms. The molecular formula is C18H27N3. The van der Waals surface area contributed by atoms with Crippen LogP contribution in [0.4, 0.5) is 0 Å². The van der Waals surface area contributed by atoms with Crippen LogP contribution in [0.5, 0.6) is 0 Å². The molecule has 3 heterocycles. The molecule has 3 heteroatoms. The summed E-state index contributed by atoms with van der Waals surface area (Å²) in [6.45, 7) is 7.70. The maximum Gasteiger partial charge on any atom is 0.0350 e. The van der Waals surface area contributed by atoms with E-state index in [1.807, 2.05) is 0 Å². The van der Waals surface area contributed by atoms with Crippen molar-refractivity contribution in [1.29, 1.82) is 0 Å². The summed E-state index contributed by atoms with van der Waals surface area (Å²) in [7, 11) is 0. The third-order valence-corrected chi connectivity index (χ3v) is 5.70. The molecule has 0 unspecified atom stereocenters. The number of likely N-dealkylation sites (tertiary alicyclic amines) is 2. The van der Waals surface area contributed by atoms with Gasteiger partial charge in [0.15, 0.2) is 0 Å². The van der Waals surface area contributed by atoms with E-state index in [0.717, 1.165) is 18.0 Å². The lowest BCUT2D eigenvalue weighted by Crippen LogP contribution is -2.69. The van der Waals surface area contributed by atoms with Crippen LogP contribution in [0.25, 0.3) is 0 Å². The molecule has 1 aromatic rings. The molecule has 3 saturated heterocycles. The molecule has 0 aliphatic carbocycles. The van der Waals surface area contributed by atoms with Gasteiger partial charge in [-0.2, -0.15) is 0 Å². The van der Waals surface area contributed by atoms with Crippen LogP contribution in [0.15, 0.2) is 30.3 Å². The highest BCUT2D eigenvalue weighted by molar-refractivity contribution is 5.15. The van der Waals surface area contributed by atoms with Crippen molar-refractivity contribution in [2.24, 2.45) is 5.92 Å². The Labute approximate surface area is 128 Å². The zero-order valence-corrected chi connectivity index (χ0v) is 12.9. The number of benzene rings is 1. The Morgan fingerprint density at radius 1 is 0.905 bits per heavy atom. The van der Waals surface area contributed by atoms with E-state index in [-0.39, 0.29) is 0 Å². The summed E-state index contributed by atoms with van der Waals surface area (Å²) < 4.78 is 0. The van der Waals surface area contributed by atoms with Gasteiger partial charge in [-0.15, -0.1) is 0 Å². The predicted octanol–water partition coefficient (Wildman–Crippen LogP) is 1.60. The third kappa shape index (κ3) is 3.01. The molecule has 0 spiro atoms. The molecule has 3 fully saturated rings. The van der Waals surface area contributed by atoms with Crippen molar-refractivity contribution < 1.29 is 0 Å². The minimum Gasteiger partial charge on any atom is -0.314 e. The van der Waals surface area contributed by atoms with Crippen LogP contribution in [-0.4, -0.2) is 61.2 Å². The third-order valence-electron chi connectivity index (χ3n) is 5.70. The Bertz CT molecular complexity index is 443. The summed E-state index contributed by atoms with van der Waals surface area (Å²) in [4.78, 5) is 5.42. The van der Waals surface area contributed by atoms with Gasteiger partial charge in [-0.05, 0) is 43.8 Å². The maximum atomic E-state index is 3.38. The fourth-order valence-electron chi connectivity index (χ4n) is 4.02. The molecule has 114 valence electrons. The minimum atomic E-state index is 0.844. The molecule has 0 amide bonds. The van der Waals surface area contributed by atoms with E-state index in [2.05, 4.69) is 45.4 Å². The second-order valence-corrected chi connectivity index (χ2v) is 7.09. The second kappa shape index (κ2) is 6.07. The molecule has 3 nitrogen and oxygen atoms in total. The second-order valence-electron chi connectivity index (χ2n) is 7.09. The van der Waals surface area contributed by atoms with Gasteiger partial charge in [0.25, 0.3) is 0 Å². The average molecular weight is 285 g/mol. The van der Waals surface area contributed by atoms with E-state index in [4.69, 9.17) is 0 Å². The Kier molecular flexibility index (Phi) is 3.97. The highest BCUT2D eigenvalue weighted by Crippen LogP contribution is 2.26. The first-order chi connectivity index (χ1) is 10.4. The van der Waals surface area contributed by atoms with E-state index in [1.165, 1.54) is 64.1 Å². The quantitative estimate of drug-likeness (QED) is 0.906. The van der Waals surface area contributed by atoms with Crippen molar-refractivity contribution in [2.45, 2.75) is 31.3 Å². The maximum absolute atomic E-state index is 3.38.